The maximum Gasteiger partial charge on any atom is 0.258 e. The van der Waals surface area contributed by atoms with Crippen molar-refractivity contribution in [3.8, 4) is 5.75 Å². The van der Waals surface area contributed by atoms with E-state index in [1.54, 1.807) is 6.07 Å². The zero-order chi connectivity index (χ0) is 25.7. The predicted molar refractivity (Wildman–Crippen MR) is 138 cm³/mol. The normalized spacial score (nSPS) is 14.9. The van der Waals surface area contributed by atoms with Crippen molar-refractivity contribution in [1.82, 2.24) is 10.2 Å². The second-order valence-corrected chi connectivity index (χ2v) is 9.81. The molecule has 0 bridgehead atoms. The van der Waals surface area contributed by atoms with Crippen LogP contribution in [0.25, 0.3) is 0 Å². The topological polar surface area (TPSA) is 58.6 Å². The third-order valence-corrected chi connectivity index (χ3v) is 6.36. The highest BCUT2D eigenvalue weighted by atomic mass is 19.1. The van der Waals surface area contributed by atoms with Crippen LogP contribution in [0.2, 0.25) is 0 Å². The fourth-order valence-corrected chi connectivity index (χ4v) is 4.68. The maximum absolute atomic E-state index is 14.2. The SMILES string of the molecule is Cc1cccc(CNC(=O)COc2ccc3c(c2)C(c2cccc(F)c2)N(C(=O)CC(C)C)CC3)c1. The second-order valence-electron chi connectivity index (χ2n) is 9.81. The number of carbonyl (C=O) groups excluding carboxylic acids is 2. The molecule has 0 aromatic heterocycles. The molecule has 1 atom stereocenters. The molecular formula is C30H33FN2O3. The van der Waals surface area contributed by atoms with Crippen LogP contribution in [0.3, 0.4) is 0 Å². The van der Waals surface area contributed by atoms with Crippen molar-refractivity contribution in [2.45, 2.75) is 46.2 Å². The Bertz CT molecular complexity index is 1240. The Hall–Kier alpha value is -3.67. The summed E-state index contributed by atoms with van der Waals surface area (Å²) in [5.74, 6) is 0.254. The van der Waals surface area contributed by atoms with Crippen LogP contribution < -0.4 is 10.1 Å². The Balaban J connectivity index is 1.52. The predicted octanol–water partition coefficient (Wildman–Crippen LogP) is 5.35. The van der Waals surface area contributed by atoms with Gasteiger partial charge in [0.2, 0.25) is 5.91 Å². The van der Waals surface area contributed by atoms with E-state index >= 15 is 0 Å². The lowest BCUT2D eigenvalue weighted by molar-refractivity contribution is -0.134. The number of aryl methyl sites for hydroxylation is 1. The van der Waals surface area contributed by atoms with E-state index in [-0.39, 0.29) is 30.2 Å². The lowest BCUT2D eigenvalue weighted by atomic mass is 9.87. The average molecular weight is 489 g/mol. The number of nitrogens with one attached hydrogen (secondary N) is 1. The summed E-state index contributed by atoms with van der Waals surface area (Å²) in [6, 6.07) is 19.7. The van der Waals surface area contributed by atoms with Crippen LogP contribution >= 0.6 is 0 Å². The highest BCUT2D eigenvalue weighted by Crippen LogP contribution is 2.38. The summed E-state index contributed by atoms with van der Waals surface area (Å²) in [6.45, 7) is 6.93. The molecule has 1 unspecified atom stereocenters. The van der Waals surface area contributed by atoms with Gasteiger partial charge in [-0.25, -0.2) is 4.39 Å². The van der Waals surface area contributed by atoms with Gasteiger partial charge in [0.05, 0.1) is 6.04 Å². The molecule has 0 aliphatic carbocycles. The first kappa shape index (κ1) is 25.4. The number of ether oxygens (including phenoxy) is 1. The minimum Gasteiger partial charge on any atom is -0.484 e. The summed E-state index contributed by atoms with van der Waals surface area (Å²) >= 11 is 0. The molecule has 0 radical (unpaired) electrons. The summed E-state index contributed by atoms with van der Waals surface area (Å²) in [7, 11) is 0. The Morgan fingerprint density at radius 2 is 1.89 bits per heavy atom. The van der Waals surface area contributed by atoms with Gasteiger partial charge in [-0.3, -0.25) is 9.59 Å². The van der Waals surface area contributed by atoms with Gasteiger partial charge < -0.3 is 15.0 Å². The fourth-order valence-electron chi connectivity index (χ4n) is 4.68. The summed E-state index contributed by atoms with van der Waals surface area (Å²) in [5, 5.41) is 2.88. The molecule has 3 aromatic carbocycles. The zero-order valence-corrected chi connectivity index (χ0v) is 21.1. The summed E-state index contributed by atoms with van der Waals surface area (Å²) in [4.78, 5) is 27.4. The van der Waals surface area contributed by atoms with Crippen LogP contribution in [0.4, 0.5) is 4.39 Å². The molecule has 1 aliphatic heterocycles. The Morgan fingerprint density at radius 3 is 2.64 bits per heavy atom. The monoisotopic (exact) mass is 488 g/mol. The number of amides is 2. The molecule has 1 aliphatic rings. The van der Waals surface area contributed by atoms with Gasteiger partial charge in [-0.05, 0) is 65.8 Å². The largest absolute Gasteiger partial charge is 0.484 e. The number of hydrogen-bond donors (Lipinski definition) is 1. The maximum atomic E-state index is 14.2. The number of rotatable bonds is 8. The summed E-state index contributed by atoms with van der Waals surface area (Å²) < 4.78 is 20.0. The molecule has 0 saturated carbocycles. The van der Waals surface area contributed by atoms with Gasteiger partial charge in [0, 0.05) is 19.5 Å². The molecule has 0 spiro atoms. The highest BCUT2D eigenvalue weighted by Gasteiger charge is 2.32. The average Bonchev–Trinajstić information content (AvgIpc) is 2.85. The number of nitrogens with zero attached hydrogens (tertiary/aromatic N) is 1. The smallest absolute Gasteiger partial charge is 0.258 e. The second kappa shape index (κ2) is 11.4. The first-order chi connectivity index (χ1) is 17.3. The van der Waals surface area contributed by atoms with E-state index in [0.717, 1.165) is 27.8 Å². The minimum atomic E-state index is -0.408. The molecule has 1 heterocycles. The van der Waals surface area contributed by atoms with E-state index in [0.29, 0.717) is 31.7 Å². The molecule has 36 heavy (non-hydrogen) atoms. The number of halogens is 1. The summed E-state index contributed by atoms with van der Waals surface area (Å²) in [5.41, 5.74) is 4.89. The third-order valence-electron chi connectivity index (χ3n) is 6.36. The van der Waals surface area contributed by atoms with Gasteiger partial charge in [-0.1, -0.05) is 61.9 Å². The number of hydrogen-bond acceptors (Lipinski definition) is 3. The van der Waals surface area contributed by atoms with Gasteiger partial charge in [-0.15, -0.1) is 0 Å². The summed E-state index contributed by atoms with van der Waals surface area (Å²) in [6.07, 6.45) is 1.14. The number of benzene rings is 3. The molecular weight excluding hydrogens is 455 g/mol. The van der Waals surface area contributed by atoms with E-state index in [1.807, 2.05) is 74.2 Å². The lowest BCUT2D eigenvalue weighted by Gasteiger charge is -2.38. The van der Waals surface area contributed by atoms with Crippen molar-refractivity contribution < 1.29 is 18.7 Å². The van der Waals surface area contributed by atoms with Crippen molar-refractivity contribution >= 4 is 11.8 Å². The molecule has 4 rings (SSSR count). The van der Waals surface area contributed by atoms with Crippen LogP contribution in [0.1, 0.15) is 54.1 Å². The lowest BCUT2D eigenvalue weighted by Crippen LogP contribution is -2.41. The number of carbonyl (C=O) groups is 2. The van der Waals surface area contributed by atoms with E-state index < -0.39 is 6.04 Å². The van der Waals surface area contributed by atoms with Crippen LogP contribution in [0.15, 0.2) is 66.7 Å². The van der Waals surface area contributed by atoms with Gasteiger partial charge in [0.25, 0.3) is 5.91 Å². The van der Waals surface area contributed by atoms with Crippen molar-refractivity contribution in [3.05, 3.63) is 100 Å². The van der Waals surface area contributed by atoms with Crippen molar-refractivity contribution in [2.75, 3.05) is 13.2 Å². The molecule has 0 fully saturated rings. The van der Waals surface area contributed by atoms with Gasteiger partial charge >= 0.3 is 0 Å². The van der Waals surface area contributed by atoms with Crippen LogP contribution in [-0.4, -0.2) is 29.9 Å². The molecule has 5 nitrogen and oxygen atoms in total. The van der Waals surface area contributed by atoms with E-state index in [2.05, 4.69) is 5.32 Å². The van der Waals surface area contributed by atoms with Gasteiger partial charge in [0.1, 0.15) is 11.6 Å². The fraction of sp³-hybridized carbons (Fsp3) is 0.333. The Kier molecular flexibility index (Phi) is 8.04. The van der Waals surface area contributed by atoms with E-state index in [4.69, 9.17) is 4.74 Å². The zero-order valence-electron chi connectivity index (χ0n) is 21.1. The van der Waals surface area contributed by atoms with Crippen molar-refractivity contribution in [1.29, 1.82) is 0 Å². The molecule has 3 aromatic rings. The van der Waals surface area contributed by atoms with E-state index in [9.17, 15) is 14.0 Å². The molecule has 188 valence electrons. The van der Waals surface area contributed by atoms with Crippen LogP contribution in [-0.2, 0) is 22.6 Å². The van der Waals surface area contributed by atoms with Gasteiger partial charge in [0.15, 0.2) is 6.61 Å². The first-order valence-corrected chi connectivity index (χ1v) is 12.4. The quantitative estimate of drug-likeness (QED) is 0.465. The Labute approximate surface area is 212 Å². The minimum absolute atomic E-state index is 0.0479. The third kappa shape index (κ3) is 6.30. The molecule has 1 N–H and O–H groups in total. The number of fused-ring (bicyclic) bond motifs is 1. The molecule has 6 heteroatoms. The van der Waals surface area contributed by atoms with Crippen molar-refractivity contribution in [3.63, 3.8) is 0 Å². The van der Waals surface area contributed by atoms with Crippen molar-refractivity contribution in [2.24, 2.45) is 5.92 Å². The standard InChI is InChI=1S/C30H33FN2O3/c1-20(2)14-29(35)33-13-12-23-10-11-26(17-27(23)30(33)24-8-5-9-25(31)16-24)36-19-28(34)32-18-22-7-4-6-21(3)15-22/h4-11,15-17,20,30H,12-14,18-19H2,1-3H3,(H,32,34). The van der Waals surface area contributed by atoms with Crippen LogP contribution in [0.5, 0.6) is 5.75 Å². The molecule has 2 amide bonds. The molecule has 0 saturated heterocycles. The first-order valence-electron chi connectivity index (χ1n) is 12.4. The highest BCUT2D eigenvalue weighted by molar-refractivity contribution is 5.78. The van der Waals surface area contributed by atoms with Crippen LogP contribution in [0, 0.1) is 18.7 Å². The Morgan fingerprint density at radius 1 is 1.08 bits per heavy atom. The van der Waals surface area contributed by atoms with E-state index in [1.165, 1.54) is 12.1 Å². The van der Waals surface area contributed by atoms with Gasteiger partial charge in [-0.2, -0.15) is 0 Å².